The number of fused-ring (bicyclic) bond motifs is 1. The van der Waals surface area contributed by atoms with Gasteiger partial charge in [0.25, 0.3) is 0 Å². The fourth-order valence-corrected chi connectivity index (χ4v) is 4.71. The molecule has 3 aromatic rings. The molecule has 0 radical (unpaired) electrons. The molecular formula is C23H22F3N3O2S. The molecule has 1 saturated heterocycles. The van der Waals surface area contributed by atoms with Crippen molar-refractivity contribution in [2.24, 2.45) is 0 Å². The zero-order chi connectivity index (χ0) is 22.6. The van der Waals surface area contributed by atoms with E-state index in [9.17, 15) is 18.0 Å². The first kappa shape index (κ1) is 22.5. The number of nitrogens with zero attached hydrogens (tertiary/aromatic N) is 2. The van der Waals surface area contributed by atoms with E-state index in [-0.39, 0.29) is 27.6 Å². The van der Waals surface area contributed by atoms with E-state index in [1.807, 2.05) is 18.2 Å². The Kier molecular flexibility index (Phi) is 6.66. The van der Waals surface area contributed by atoms with Crippen molar-refractivity contribution in [3.63, 3.8) is 0 Å². The molecule has 1 N–H and O–H groups in total. The third kappa shape index (κ3) is 5.05. The number of carbonyl (C=O) groups is 1. The SMILES string of the molecule is O=C(CSc1nc(C(F)(F)F)nc2ccccc12)NCC1(c2ccccc2)CCOCC1. The van der Waals surface area contributed by atoms with Crippen molar-refractivity contribution in [1.82, 2.24) is 15.3 Å². The number of alkyl halides is 3. The van der Waals surface area contributed by atoms with Crippen LogP contribution in [0.2, 0.25) is 0 Å². The van der Waals surface area contributed by atoms with Crippen molar-refractivity contribution in [1.29, 1.82) is 0 Å². The molecule has 1 amide bonds. The van der Waals surface area contributed by atoms with Crippen LogP contribution in [0.3, 0.4) is 0 Å². The Morgan fingerprint density at radius 1 is 1.03 bits per heavy atom. The smallest absolute Gasteiger partial charge is 0.381 e. The molecule has 1 aliphatic rings. The van der Waals surface area contributed by atoms with E-state index in [0.29, 0.717) is 25.1 Å². The molecule has 32 heavy (non-hydrogen) atoms. The second-order valence-corrected chi connectivity index (χ2v) is 8.66. The fraction of sp³-hybridized carbons (Fsp3) is 0.348. The fourth-order valence-electron chi connectivity index (χ4n) is 3.86. The first-order valence-electron chi connectivity index (χ1n) is 10.2. The predicted octanol–water partition coefficient (Wildman–Crippen LogP) is 4.61. The van der Waals surface area contributed by atoms with E-state index >= 15 is 0 Å². The molecule has 9 heteroatoms. The number of amides is 1. The molecule has 5 nitrogen and oxygen atoms in total. The minimum atomic E-state index is -4.66. The number of thioether (sulfide) groups is 1. The van der Waals surface area contributed by atoms with Crippen LogP contribution in [0.15, 0.2) is 59.6 Å². The summed E-state index contributed by atoms with van der Waals surface area (Å²) in [5.74, 6) is -1.50. The summed E-state index contributed by atoms with van der Waals surface area (Å²) < 4.78 is 45.1. The van der Waals surface area contributed by atoms with Crippen molar-refractivity contribution in [2.75, 3.05) is 25.5 Å². The third-order valence-corrected chi connectivity index (χ3v) is 6.61. The number of halogens is 3. The van der Waals surface area contributed by atoms with Crippen molar-refractivity contribution >= 4 is 28.6 Å². The predicted molar refractivity (Wildman–Crippen MR) is 116 cm³/mol. The second kappa shape index (κ2) is 9.46. The third-order valence-electron chi connectivity index (χ3n) is 5.62. The Labute approximate surface area is 187 Å². The second-order valence-electron chi connectivity index (χ2n) is 7.69. The highest BCUT2D eigenvalue weighted by atomic mass is 32.2. The summed E-state index contributed by atoms with van der Waals surface area (Å²) in [6, 6.07) is 16.5. The molecule has 0 aliphatic carbocycles. The van der Waals surface area contributed by atoms with Crippen LogP contribution in [-0.4, -0.2) is 41.4 Å². The lowest BCUT2D eigenvalue weighted by Gasteiger charge is -2.38. The summed E-state index contributed by atoms with van der Waals surface area (Å²) in [6.07, 6.45) is -3.08. The maximum atomic E-state index is 13.2. The number of rotatable bonds is 6. The van der Waals surface area contributed by atoms with E-state index in [0.717, 1.165) is 30.2 Å². The van der Waals surface area contributed by atoms with Crippen LogP contribution in [0.25, 0.3) is 10.9 Å². The van der Waals surface area contributed by atoms with Crippen LogP contribution in [-0.2, 0) is 21.1 Å². The van der Waals surface area contributed by atoms with Gasteiger partial charge in [0.05, 0.1) is 11.3 Å². The van der Waals surface area contributed by atoms with Gasteiger partial charge in [-0.05, 0) is 24.5 Å². The van der Waals surface area contributed by atoms with Gasteiger partial charge in [0.1, 0.15) is 5.03 Å². The van der Waals surface area contributed by atoms with Crippen LogP contribution in [0, 0.1) is 0 Å². The van der Waals surface area contributed by atoms with Crippen LogP contribution in [0.1, 0.15) is 24.2 Å². The molecule has 1 aromatic heterocycles. The number of hydrogen-bond donors (Lipinski definition) is 1. The summed E-state index contributed by atoms with van der Waals surface area (Å²) in [5.41, 5.74) is 1.13. The molecule has 0 saturated carbocycles. The summed E-state index contributed by atoms with van der Waals surface area (Å²) >= 11 is 0.982. The van der Waals surface area contributed by atoms with Crippen molar-refractivity contribution in [3.8, 4) is 0 Å². The number of nitrogens with one attached hydrogen (secondary N) is 1. The van der Waals surface area contributed by atoms with Crippen LogP contribution >= 0.6 is 11.8 Å². The molecule has 2 heterocycles. The number of aromatic nitrogens is 2. The van der Waals surface area contributed by atoms with E-state index in [2.05, 4.69) is 27.4 Å². The summed E-state index contributed by atoms with van der Waals surface area (Å²) in [4.78, 5) is 19.9. The van der Waals surface area contributed by atoms with Crippen molar-refractivity contribution < 1.29 is 22.7 Å². The number of hydrogen-bond acceptors (Lipinski definition) is 5. The average Bonchev–Trinajstić information content (AvgIpc) is 2.81. The average molecular weight is 462 g/mol. The normalized spacial score (nSPS) is 16.1. The molecule has 0 bridgehead atoms. The quantitative estimate of drug-likeness (QED) is 0.429. The molecule has 0 unspecified atom stereocenters. The van der Waals surface area contributed by atoms with E-state index in [1.54, 1.807) is 18.2 Å². The lowest BCUT2D eigenvalue weighted by atomic mass is 9.74. The highest BCUT2D eigenvalue weighted by Gasteiger charge is 2.36. The lowest BCUT2D eigenvalue weighted by Crippen LogP contribution is -2.45. The van der Waals surface area contributed by atoms with Crippen molar-refractivity contribution in [3.05, 3.63) is 66.0 Å². The van der Waals surface area contributed by atoms with Crippen LogP contribution < -0.4 is 5.32 Å². The number of carbonyl (C=O) groups excluding carboxylic acids is 1. The Hall–Kier alpha value is -2.65. The van der Waals surface area contributed by atoms with E-state index < -0.39 is 12.0 Å². The molecule has 1 fully saturated rings. The lowest BCUT2D eigenvalue weighted by molar-refractivity contribution is -0.145. The van der Waals surface area contributed by atoms with Crippen molar-refractivity contribution in [2.45, 2.75) is 29.5 Å². The summed E-state index contributed by atoms with van der Waals surface area (Å²) in [7, 11) is 0. The van der Waals surface area contributed by atoms with E-state index in [4.69, 9.17) is 4.74 Å². The molecule has 2 aromatic carbocycles. The maximum absolute atomic E-state index is 13.2. The number of para-hydroxylation sites is 1. The Morgan fingerprint density at radius 3 is 2.44 bits per heavy atom. The first-order valence-corrected chi connectivity index (χ1v) is 11.2. The zero-order valence-corrected chi connectivity index (χ0v) is 18.0. The Bertz CT molecular complexity index is 1090. The van der Waals surface area contributed by atoms with Crippen LogP contribution in [0.5, 0.6) is 0 Å². The first-order chi connectivity index (χ1) is 15.4. The topological polar surface area (TPSA) is 64.1 Å². The zero-order valence-electron chi connectivity index (χ0n) is 17.2. The van der Waals surface area contributed by atoms with Gasteiger partial charge in [-0.3, -0.25) is 4.79 Å². The summed E-state index contributed by atoms with van der Waals surface area (Å²) in [5, 5.41) is 3.60. The standard InChI is InChI=1S/C23H22F3N3O2S/c24-23(25,26)21-28-18-9-5-4-8-17(18)20(29-21)32-14-19(30)27-15-22(10-12-31-13-11-22)16-6-2-1-3-7-16/h1-9H,10-15H2,(H,27,30). The molecular weight excluding hydrogens is 439 g/mol. The van der Waals surface area contributed by atoms with E-state index in [1.165, 1.54) is 6.07 Å². The molecule has 0 spiro atoms. The van der Waals surface area contributed by atoms with Gasteiger partial charge in [0.15, 0.2) is 0 Å². The molecule has 0 atom stereocenters. The minimum Gasteiger partial charge on any atom is -0.381 e. The Morgan fingerprint density at radius 2 is 1.72 bits per heavy atom. The van der Waals surface area contributed by atoms with Gasteiger partial charge >= 0.3 is 6.18 Å². The van der Waals surface area contributed by atoms with Gasteiger partial charge in [-0.25, -0.2) is 9.97 Å². The summed E-state index contributed by atoms with van der Waals surface area (Å²) in [6.45, 7) is 1.68. The molecule has 1 aliphatic heterocycles. The number of benzene rings is 2. The van der Waals surface area contributed by atoms with Gasteiger partial charge in [0.2, 0.25) is 11.7 Å². The Balaban J connectivity index is 1.46. The highest BCUT2D eigenvalue weighted by molar-refractivity contribution is 8.00. The highest BCUT2D eigenvalue weighted by Crippen LogP contribution is 2.35. The monoisotopic (exact) mass is 461 g/mol. The van der Waals surface area contributed by atoms with Crippen LogP contribution in [0.4, 0.5) is 13.2 Å². The maximum Gasteiger partial charge on any atom is 0.451 e. The van der Waals surface area contributed by atoms with Gasteiger partial charge in [-0.15, -0.1) is 0 Å². The van der Waals surface area contributed by atoms with Gasteiger partial charge in [-0.2, -0.15) is 13.2 Å². The largest absolute Gasteiger partial charge is 0.451 e. The van der Waals surface area contributed by atoms with Gasteiger partial charge < -0.3 is 10.1 Å². The minimum absolute atomic E-state index is 0.0420. The van der Waals surface area contributed by atoms with Gasteiger partial charge in [-0.1, -0.05) is 60.3 Å². The molecule has 4 rings (SSSR count). The number of ether oxygens (including phenoxy) is 1. The molecule has 168 valence electrons. The van der Waals surface area contributed by atoms with Gasteiger partial charge in [0, 0.05) is 30.6 Å².